The van der Waals surface area contributed by atoms with E-state index in [0.29, 0.717) is 12.5 Å². The van der Waals surface area contributed by atoms with Crippen LogP contribution in [-0.2, 0) is 9.53 Å². The quantitative estimate of drug-likeness (QED) is 0.831. The molecule has 1 aliphatic rings. The second kappa shape index (κ2) is 6.07. The van der Waals surface area contributed by atoms with Crippen molar-refractivity contribution in [2.75, 3.05) is 26.2 Å². The van der Waals surface area contributed by atoms with Gasteiger partial charge in [0.1, 0.15) is 6.54 Å². The fourth-order valence-electron chi connectivity index (χ4n) is 1.88. The van der Waals surface area contributed by atoms with Gasteiger partial charge in [0, 0.05) is 13.1 Å². The lowest BCUT2D eigenvalue weighted by molar-refractivity contribution is -0.129. The van der Waals surface area contributed by atoms with E-state index in [-0.39, 0.29) is 17.9 Å². The lowest BCUT2D eigenvalue weighted by Crippen LogP contribution is -2.40. The maximum Gasteiger partial charge on any atom is 0.407 e. The first-order valence-corrected chi connectivity index (χ1v) is 6.48. The number of carbonyl (C=O) groups excluding carboxylic acids is 2. The van der Waals surface area contributed by atoms with Crippen molar-refractivity contribution in [3.63, 3.8) is 0 Å². The second-order valence-electron chi connectivity index (χ2n) is 6.08. The number of amides is 2. The van der Waals surface area contributed by atoms with Crippen molar-refractivity contribution in [3.05, 3.63) is 0 Å². The number of likely N-dealkylation sites (tertiary alicyclic amines) is 1. The standard InChI is InChI=1S/C13H24N2O3/c1-10(2)8-18-12(17)14-7-11(16)15-6-5-13(3,4)9-15/h10H,5-9H2,1-4H3,(H,14,17). The highest BCUT2D eigenvalue weighted by atomic mass is 16.5. The molecule has 0 aromatic rings. The maximum atomic E-state index is 11.8. The molecule has 1 aliphatic heterocycles. The molecule has 0 aromatic carbocycles. The molecule has 0 spiro atoms. The zero-order valence-electron chi connectivity index (χ0n) is 11.8. The van der Waals surface area contributed by atoms with Gasteiger partial charge < -0.3 is 15.0 Å². The van der Waals surface area contributed by atoms with E-state index >= 15 is 0 Å². The summed E-state index contributed by atoms with van der Waals surface area (Å²) in [6.07, 6.45) is 0.492. The second-order valence-corrected chi connectivity index (χ2v) is 6.08. The van der Waals surface area contributed by atoms with Crippen LogP contribution in [0, 0.1) is 11.3 Å². The van der Waals surface area contributed by atoms with Crippen LogP contribution in [0.5, 0.6) is 0 Å². The fraction of sp³-hybridized carbons (Fsp3) is 0.846. The van der Waals surface area contributed by atoms with Crippen molar-refractivity contribution in [2.45, 2.75) is 34.1 Å². The van der Waals surface area contributed by atoms with Crippen molar-refractivity contribution in [1.29, 1.82) is 0 Å². The normalized spacial score (nSPS) is 17.9. The van der Waals surface area contributed by atoms with Crippen LogP contribution in [0.1, 0.15) is 34.1 Å². The van der Waals surface area contributed by atoms with Crippen molar-refractivity contribution in [2.24, 2.45) is 11.3 Å². The van der Waals surface area contributed by atoms with Crippen molar-refractivity contribution in [1.82, 2.24) is 10.2 Å². The van der Waals surface area contributed by atoms with Crippen LogP contribution in [0.4, 0.5) is 4.79 Å². The first-order chi connectivity index (χ1) is 8.30. The molecule has 0 bridgehead atoms. The molecule has 0 radical (unpaired) electrons. The number of nitrogens with zero attached hydrogens (tertiary/aromatic N) is 1. The highest BCUT2D eigenvalue weighted by Gasteiger charge is 2.31. The minimum atomic E-state index is -0.518. The van der Waals surface area contributed by atoms with Crippen LogP contribution in [0.25, 0.3) is 0 Å². The number of carbonyl (C=O) groups is 2. The summed E-state index contributed by atoms with van der Waals surface area (Å²) in [7, 11) is 0. The average molecular weight is 256 g/mol. The van der Waals surface area contributed by atoms with E-state index in [1.807, 2.05) is 13.8 Å². The van der Waals surface area contributed by atoms with Gasteiger partial charge in [-0.15, -0.1) is 0 Å². The topological polar surface area (TPSA) is 58.6 Å². The van der Waals surface area contributed by atoms with E-state index in [4.69, 9.17) is 4.74 Å². The summed E-state index contributed by atoms with van der Waals surface area (Å²) in [4.78, 5) is 24.9. The Morgan fingerprint density at radius 3 is 2.56 bits per heavy atom. The third-order valence-electron chi connectivity index (χ3n) is 2.96. The predicted molar refractivity (Wildman–Crippen MR) is 69.2 cm³/mol. The molecule has 1 saturated heterocycles. The third kappa shape index (κ3) is 4.94. The SMILES string of the molecule is CC(C)COC(=O)NCC(=O)N1CCC(C)(C)C1. The summed E-state index contributed by atoms with van der Waals surface area (Å²) >= 11 is 0. The van der Waals surface area contributed by atoms with Gasteiger partial charge in [-0.2, -0.15) is 0 Å². The van der Waals surface area contributed by atoms with Crippen LogP contribution in [0.2, 0.25) is 0 Å². The Bertz CT molecular complexity index is 313. The highest BCUT2D eigenvalue weighted by molar-refractivity contribution is 5.82. The molecule has 0 unspecified atom stereocenters. The molecule has 0 atom stereocenters. The lowest BCUT2D eigenvalue weighted by Gasteiger charge is -2.20. The summed E-state index contributed by atoms with van der Waals surface area (Å²) in [6, 6.07) is 0. The van der Waals surface area contributed by atoms with E-state index in [0.717, 1.165) is 19.5 Å². The first-order valence-electron chi connectivity index (χ1n) is 6.48. The Kier molecular flexibility index (Phi) is 4.99. The Morgan fingerprint density at radius 1 is 1.39 bits per heavy atom. The molecular weight excluding hydrogens is 232 g/mol. The zero-order valence-corrected chi connectivity index (χ0v) is 11.8. The van der Waals surface area contributed by atoms with Crippen molar-refractivity contribution < 1.29 is 14.3 Å². The van der Waals surface area contributed by atoms with E-state index in [2.05, 4.69) is 19.2 Å². The Balaban J connectivity index is 2.23. The molecule has 5 nitrogen and oxygen atoms in total. The molecule has 1 N–H and O–H groups in total. The molecule has 104 valence electrons. The smallest absolute Gasteiger partial charge is 0.407 e. The minimum absolute atomic E-state index is 0.0208. The van der Waals surface area contributed by atoms with Gasteiger partial charge in [0.15, 0.2) is 0 Å². The van der Waals surface area contributed by atoms with Gasteiger partial charge in [-0.05, 0) is 17.8 Å². The Morgan fingerprint density at radius 2 is 2.06 bits per heavy atom. The number of rotatable bonds is 4. The monoisotopic (exact) mass is 256 g/mol. The summed E-state index contributed by atoms with van der Waals surface area (Å²) in [5.74, 6) is 0.257. The molecule has 18 heavy (non-hydrogen) atoms. The van der Waals surface area contributed by atoms with Crippen LogP contribution >= 0.6 is 0 Å². The summed E-state index contributed by atoms with van der Waals surface area (Å²) in [5.41, 5.74) is 0.188. The van der Waals surface area contributed by atoms with E-state index in [1.165, 1.54) is 0 Å². The van der Waals surface area contributed by atoms with E-state index in [1.54, 1.807) is 4.90 Å². The van der Waals surface area contributed by atoms with Crippen LogP contribution < -0.4 is 5.32 Å². The molecule has 1 heterocycles. The molecule has 0 saturated carbocycles. The predicted octanol–water partition coefficient (Wildman–Crippen LogP) is 1.63. The molecule has 0 aliphatic carbocycles. The average Bonchev–Trinajstić information content (AvgIpc) is 2.63. The van der Waals surface area contributed by atoms with Gasteiger partial charge in [0.25, 0.3) is 0 Å². The molecule has 0 aromatic heterocycles. The molecule has 1 fully saturated rings. The van der Waals surface area contributed by atoms with Crippen LogP contribution in [-0.4, -0.2) is 43.1 Å². The van der Waals surface area contributed by atoms with Gasteiger partial charge >= 0.3 is 6.09 Å². The van der Waals surface area contributed by atoms with Gasteiger partial charge in [0.2, 0.25) is 5.91 Å². The van der Waals surface area contributed by atoms with E-state index < -0.39 is 6.09 Å². The third-order valence-corrected chi connectivity index (χ3v) is 2.96. The Hall–Kier alpha value is -1.26. The van der Waals surface area contributed by atoms with Gasteiger partial charge in [-0.25, -0.2) is 4.79 Å². The largest absolute Gasteiger partial charge is 0.449 e. The number of alkyl carbamates (subject to hydrolysis) is 1. The molecule has 5 heteroatoms. The van der Waals surface area contributed by atoms with Crippen LogP contribution in [0.3, 0.4) is 0 Å². The first kappa shape index (κ1) is 14.8. The van der Waals surface area contributed by atoms with Crippen molar-refractivity contribution in [3.8, 4) is 0 Å². The molecule has 1 rings (SSSR count). The number of hydrogen-bond acceptors (Lipinski definition) is 3. The fourth-order valence-corrected chi connectivity index (χ4v) is 1.88. The molecular formula is C13H24N2O3. The summed E-state index contributed by atoms with van der Waals surface area (Å²) in [5, 5.41) is 2.49. The van der Waals surface area contributed by atoms with Crippen molar-refractivity contribution >= 4 is 12.0 Å². The van der Waals surface area contributed by atoms with Crippen LogP contribution in [0.15, 0.2) is 0 Å². The lowest BCUT2D eigenvalue weighted by atomic mass is 9.93. The highest BCUT2D eigenvalue weighted by Crippen LogP contribution is 2.28. The van der Waals surface area contributed by atoms with Gasteiger partial charge in [0.05, 0.1) is 6.61 Å². The Labute approximate surface area is 109 Å². The van der Waals surface area contributed by atoms with Gasteiger partial charge in [-0.3, -0.25) is 4.79 Å². The number of hydrogen-bond donors (Lipinski definition) is 1. The minimum Gasteiger partial charge on any atom is -0.449 e. The van der Waals surface area contributed by atoms with Gasteiger partial charge in [-0.1, -0.05) is 27.7 Å². The zero-order chi connectivity index (χ0) is 13.8. The summed E-state index contributed by atoms with van der Waals surface area (Å²) in [6.45, 7) is 10.1. The molecule has 2 amide bonds. The summed E-state index contributed by atoms with van der Waals surface area (Å²) < 4.78 is 4.94. The maximum absolute atomic E-state index is 11.8. The van der Waals surface area contributed by atoms with E-state index in [9.17, 15) is 9.59 Å². The number of ether oxygens (including phenoxy) is 1. The number of nitrogens with one attached hydrogen (secondary N) is 1.